The van der Waals surface area contributed by atoms with E-state index in [1.165, 1.54) is 9.80 Å². The third kappa shape index (κ3) is 3.54. The van der Waals surface area contributed by atoms with E-state index >= 15 is 0 Å². The molecular formula is C34H24Br2N2O4. The highest BCUT2D eigenvalue weighted by Gasteiger charge is 2.67. The number of allylic oxidation sites excluding steroid dienone is 4. The van der Waals surface area contributed by atoms with Gasteiger partial charge in [-0.1, -0.05) is 92.0 Å². The van der Waals surface area contributed by atoms with Crippen LogP contribution < -0.4 is 9.80 Å². The average molecular weight is 684 g/mol. The third-order valence-corrected chi connectivity index (χ3v) is 10.8. The van der Waals surface area contributed by atoms with Gasteiger partial charge in [-0.3, -0.25) is 19.2 Å². The summed E-state index contributed by atoms with van der Waals surface area (Å²) >= 11 is 6.95. The van der Waals surface area contributed by atoms with E-state index in [2.05, 4.69) is 37.9 Å². The largest absolute Gasteiger partial charge is 0.274 e. The molecule has 8 heteroatoms. The van der Waals surface area contributed by atoms with E-state index in [-0.39, 0.29) is 41.4 Å². The number of hydrogen-bond donors (Lipinski definition) is 0. The van der Waals surface area contributed by atoms with Crippen molar-refractivity contribution in [2.24, 2.45) is 41.4 Å². The van der Waals surface area contributed by atoms with Crippen LogP contribution in [0.2, 0.25) is 0 Å². The Bertz CT molecular complexity index is 1780. The number of carbonyl (C=O) groups is 4. The fraction of sp³-hybridized carbons (Fsp3) is 0.235. The summed E-state index contributed by atoms with van der Waals surface area (Å²) < 4.78 is 1.56. The van der Waals surface area contributed by atoms with Crippen LogP contribution in [0.25, 0.3) is 5.57 Å². The van der Waals surface area contributed by atoms with Gasteiger partial charge in [-0.25, -0.2) is 9.80 Å². The molecule has 0 unspecified atom stereocenters. The van der Waals surface area contributed by atoms with E-state index in [1.807, 2.05) is 60.7 Å². The second-order valence-electron chi connectivity index (χ2n) is 11.7. The lowest BCUT2D eigenvalue weighted by Crippen LogP contribution is -2.51. The zero-order chi connectivity index (χ0) is 28.9. The van der Waals surface area contributed by atoms with Crippen molar-refractivity contribution in [3.63, 3.8) is 0 Å². The van der Waals surface area contributed by atoms with E-state index in [1.54, 1.807) is 24.3 Å². The minimum atomic E-state index is -0.597. The van der Waals surface area contributed by atoms with Crippen LogP contribution in [0.15, 0.2) is 106 Å². The van der Waals surface area contributed by atoms with Crippen LogP contribution in [0.5, 0.6) is 0 Å². The molecule has 3 aromatic carbocycles. The Balaban J connectivity index is 1.29. The maximum atomic E-state index is 14.3. The van der Waals surface area contributed by atoms with Gasteiger partial charge in [0.1, 0.15) is 0 Å². The SMILES string of the molecule is O=C1[C@@H]2[C@H]3C=C[C@H](C4=C(c5ccccc5)C[C@H]5C(=O)N(c6cccc(Br)c6)C(=O)[C@@H]5[C@H]43)[C@H]2C(=O)N1c1cccc(Br)c1. The van der Waals surface area contributed by atoms with Crippen molar-refractivity contribution < 1.29 is 19.2 Å². The first kappa shape index (κ1) is 26.0. The Morgan fingerprint density at radius 1 is 0.595 bits per heavy atom. The molecular weight excluding hydrogens is 660 g/mol. The number of hydrogen-bond acceptors (Lipinski definition) is 4. The summed E-state index contributed by atoms with van der Waals surface area (Å²) in [6.45, 7) is 0. The molecule has 4 amide bonds. The zero-order valence-corrected chi connectivity index (χ0v) is 25.4. The van der Waals surface area contributed by atoms with E-state index in [4.69, 9.17) is 0 Å². The van der Waals surface area contributed by atoms with Gasteiger partial charge >= 0.3 is 0 Å². The lowest BCUT2D eigenvalue weighted by atomic mass is 9.49. The summed E-state index contributed by atoms with van der Waals surface area (Å²) in [6, 6.07) is 24.4. The Morgan fingerprint density at radius 3 is 1.83 bits per heavy atom. The lowest BCUT2D eigenvalue weighted by Gasteiger charge is -2.51. The fourth-order valence-electron chi connectivity index (χ4n) is 8.26. The molecule has 4 aliphatic carbocycles. The summed E-state index contributed by atoms with van der Waals surface area (Å²) in [5.41, 5.74) is 4.15. The van der Waals surface area contributed by atoms with Gasteiger partial charge in [0, 0.05) is 20.8 Å². The molecule has 2 saturated heterocycles. The number of rotatable bonds is 3. The maximum Gasteiger partial charge on any atom is 0.238 e. The summed E-state index contributed by atoms with van der Waals surface area (Å²) in [7, 11) is 0. The van der Waals surface area contributed by atoms with Crippen molar-refractivity contribution in [2.75, 3.05) is 9.80 Å². The molecule has 2 bridgehead atoms. The average Bonchev–Trinajstić information content (AvgIpc) is 3.42. The first-order valence-electron chi connectivity index (χ1n) is 14.1. The number of imide groups is 2. The topological polar surface area (TPSA) is 74.8 Å². The number of benzene rings is 3. The first-order chi connectivity index (χ1) is 20.3. The highest BCUT2D eigenvalue weighted by Crippen LogP contribution is 2.63. The van der Waals surface area contributed by atoms with E-state index in [9.17, 15) is 19.2 Å². The molecule has 42 heavy (non-hydrogen) atoms. The normalized spacial score (nSPS) is 31.1. The van der Waals surface area contributed by atoms with Crippen LogP contribution in [0.1, 0.15) is 12.0 Å². The van der Waals surface area contributed by atoms with Gasteiger partial charge < -0.3 is 0 Å². The molecule has 3 aromatic rings. The van der Waals surface area contributed by atoms with Gasteiger partial charge in [-0.2, -0.15) is 0 Å². The maximum absolute atomic E-state index is 14.3. The summed E-state index contributed by atoms with van der Waals surface area (Å²) in [6.07, 6.45) is 4.53. The second kappa shape index (κ2) is 9.44. The Hall–Kier alpha value is -3.62. The molecule has 208 valence electrons. The van der Waals surface area contributed by atoms with Crippen molar-refractivity contribution in [1.29, 1.82) is 0 Å². The summed E-state index contributed by atoms with van der Waals surface area (Å²) in [5, 5.41) is 0. The van der Waals surface area contributed by atoms with Crippen molar-refractivity contribution in [2.45, 2.75) is 6.42 Å². The van der Waals surface area contributed by atoms with Gasteiger partial charge in [0.25, 0.3) is 0 Å². The highest BCUT2D eigenvalue weighted by atomic mass is 79.9. The number of carbonyl (C=O) groups excluding carboxylic acids is 4. The lowest BCUT2D eigenvalue weighted by molar-refractivity contribution is -0.129. The molecule has 0 radical (unpaired) electrons. The molecule has 2 heterocycles. The smallest absolute Gasteiger partial charge is 0.238 e. The minimum absolute atomic E-state index is 0.201. The molecule has 9 rings (SSSR count). The quantitative estimate of drug-likeness (QED) is 0.236. The first-order valence-corrected chi connectivity index (χ1v) is 15.7. The van der Waals surface area contributed by atoms with E-state index < -0.39 is 23.7 Å². The Kier molecular flexibility index (Phi) is 5.86. The van der Waals surface area contributed by atoms with Crippen LogP contribution >= 0.6 is 31.9 Å². The number of halogens is 2. The number of amides is 4. The molecule has 2 aliphatic heterocycles. The molecule has 0 N–H and O–H groups in total. The molecule has 0 spiro atoms. The van der Waals surface area contributed by atoms with Gasteiger partial charge in [-0.15, -0.1) is 0 Å². The molecule has 6 nitrogen and oxygen atoms in total. The molecule has 6 aliphatic rings. The summed E-state index contributed by atoms with van der Waals surface area (Å²) in [4.78, 5) is 59.2. The predicted octanol–water partition coefficient (Wildman–Crippen LogP) is 6.41. The van der Waals surface area contributed by atoms with Crippen LogP contribution in [0.4, 0.5) is 11.4 Å². The van der Waals surface area contributed by atoms with Crippen LogP contribution in [-0.2, 0) is 19.2 Å². The van der Waals surface area contributed by atoms with Gasteiger partial charge in [-0.05, 0) is 59.9 Å². The van der Waals surface area contributed by atoms with Crippen molar-refractivity contribution in [3.05, 3.63) is 111 Å². The Labute approximate surface area is 259 Å². The number of nitrogens with zero attached hydrogens (tertiary/aromatic N) is 2. The van der Waals surface area contributed by atoms with Crippen molar-refractivity contribution >= 4 is 72.4 Å². The van der Waals surface area contributed by atoms with Gasteiger partial charge in [0.2, 0.25) is 23.6 Å². The van der Waals surface area contributed by atoms with Crippen molar-refractivity contribution in [3.8, 4) is 0 Å². The molecule has 3 fully saturated rings. The molecule has 0 aromatic heterocycles. The van der Waals surface area contributed by atoms with E-state index in [0.717, 1.165) is 25.7 Å². The number of fused-ring (bicyclic) bond motifs is 1. The van der Waals surface area contributed by atoms with Crippen molar-refractivity contribution in [1.82, 2.24) is 0 Å². The Morgan fingerprint density at radius 2 is 1.19 bits per heavy atom. The van der Waals surface area contributed by atoms with Crippen LogP contribution in [0.3, 0.4) is 0 Å². The van der Waals surface area contributed by atoms with Gasteiger partial charge in [0.15, 0.2) is 0 Å². The highest BCUT2D eigenvalue weighted by molar-refractivity contribution is 9.10. The van der Waals surface area contributed by atoms with Crippen LogP contribution in [0, 0.1) is 41.4 Å². The third-order valence-electron chi connectivity index (χ3n) is 9.76. The summed E-state index contributed by atoms with van der Waals surface area (Å²) in [5.74, 6) is -4.16. The molecule has 1 saturated carbocycles. The van der Waals surface area contributed by atoms with Crippen LogP contribution in [-0.4, -0.2) is 23.6 Å². The number of anilines is 2. The zero-order valence-electron chi connectivity index (χ0n) is 22.2. The standard InChI is InChI=1S/C34H24Br2N2O4/c35-18-8-4-10-20(14-18)37-31(39)25-16-24(17-6-2-1-3-7-17)26-22-12-13-23(27(26)30(25)34(37)42)29-28(22)32(40)38(33(29)41)21-11-5-9-19(36)15-21/h1-15,22-23,25,27-30H,16H2/t22-,23+,25-,27+,28-,29-,30+/m1/s1. The predicted molar refractivity (Wildman–Crippen MR) is 165 cm³/mol. The van der Waals surface area contributed by atoms with E-state index in [0.29, 0.717) is 17.8 Å². The second-order valence-corrected chi connectivity index (χ2v) is 13.5. The monoisotopic (exact) mass is 682 g/mol. The van der Waals surface area contributed by atoms with Gasteiger partial charge in [0.05, 0.1) is 35.0 Å². The minimum Gasteiger partial charge on any atom is -0.274 e. The fourth-order valence-corrected chi connectivity index (χ4v) is 9.03. The molecule has 7 atom stereocenters.